The fraction of sp³-hybridized carbons (Fsp3) is 0.667. The van der Waals surface area contributed by atoms with Gasteiger partial charge in [-0.1, -0.05) is 13.8 Å². The van der Waals surface area contributed by atoms with Gasteiger partial charge < -0.3 is 5.73 Å². The predicted octanol–water partition coefficient (Wildman–Crippen LogP) is 4.68. The van der Waals surface area contributed by atoms with Gasteiger partial charge in [0.25, 0.3) is 0 Å². The van der Waals surface area contributed by atoms with E-state index in [4.69, 9.17) is 5.73 Å². The summed E-state index contributed by atoms with van der Waals surface area (Å²) in [6, 6.07) is 2.41. The standard InChI is InChI=1S/C12H20BrNS2/c1-8(2)4-5-15-12(9(3)14)11-6-10(13)7-16-11/h6-9,12H,4-5,14H2,1-3H3. The van der Waals surface area contributed by atoms with Crippen molar-refractivity contribution in [2.45, 2.75) is 38.5 Å². The molecular weight excluding hydrogens is 302 g/mol. The molecule has 1 rings (SSSR count). The molecular formula is C12H20BrNS2. The lowest BCUT2D eigenvalue weighted by molar-refractivity contribution is 0.629. The third-order valence-corrected chi connectivity index (χ3v) is 5.78. The third kappa shape index (κ3) is 4.78. The topological polar surface area (TPSA) is 26.0 Å². The van der Waals surface area contributed by atoms with Crippen LogP contribution in [-0.2, 0) is 0 Å². The van der Waals surface area contributed by atoms with Gasteiger partial charge in [-0.3, -0.25) is 0 Å². The van der Waals surface area contributed by atoms with Crippen molar-refractivity contribution in [3.05, 3.63) is 20.8 Å². The lowest BCUT2D eigenvalue weighted by Gasteiger charge is -2.19. The van der Waals surface area contributed by atoms with E-state index in [1.807, 2.05) is 11.8 Å². The number of thiophene rings is 1. The van der Waals surface area contributed by atoms with E-state index in [1.54, 1.807) is 11.3 Å². The molecule has 0 saturated carbocycles. The zero-order chi connectivity index (χ0) is 12.1. The van der Waals surface area contributed by atoms with Crippen LogP contribution in [0.15, 0.2) is 15.9 Å². The van der Waals surface area contributed by atoms with Crippen molar-refractivity contribution >= 4 is 39.0 Å². The van der Waals surface area contributed by atoms with E-state index in [0.29, 0.717) is 5.25 Å². The molecule has 0 radical (unpaired) electrons. The van der Waals surface area contributed by atoms with Crippen LogP contribution < -0.4 is 5.73 Å². The molecule has 1 aromatic heterocycles. The Morgan fingerprint density at radius 3 is 2.56 bits per heavy atom. The zero-order valence-electron chi connectivity index (χ0n) is 10.1. The fourth-order valence-corrected chi connectivity index (χ4v) is 4.71. The Labute approximate surface area is 115 Å². The second-order valence-corrected chi connectivity index (χ2v) is 7.61. The van der Waals surface area contributed by atoms with E-state index in [0.717, 1.165) is 5.92 Å². The highest BCUT2D eigenvalue weighted by atomic mass is 79.9. The van der Waals surface area contributed by atoms with Crippen molar-refractivity contribution in [3.63, 3.8) is 0 Å². The van der Waals surface area contributed by atoms with Crippen LogP contribution in [0.2, 0.25) is 0 Å². The first-order valence-electron chi connectivity index (χ1n) is 5.61. The molecule has 1 heterocycles. The van der Waals surface area contributed by atoms with Crippen molar-refractivity contribution in [2.24, 2.45) is 11.7 Å². The smallest absolute Gasteiger partial charge is 0.0539 e. The van der Waals surface area contributed by atoms with E-state index >= 15 is 0 Å². The van der Waals surface area contributed by atoms with Crippen LogP contribution in [0.4, 0.5) is 0 Å². The summed E-state index contributed by atoms with van der Waals surface area (Å²) < 4.78 is 1.17. The molecule has 2 unspecified atom stereocenters. The maximum absolute atomic E-state index is 6.07. The van der Waals surface area contributed by atoms with E-state index in [2.05, 4.69) is 48.1 Å². The summed E-state index contributed by atoms with van der Waals surface area (Å²) in [5, 5.41) is 2.57. The molecule has 4 heteroatoms. The van der Waals surface area contributed by atoms with E-state index in [-0.39, 0.29) is 6.04 Å². The highest BCUT2D eigenvalue weighted by molar-refractivity contribution is 9.10. The Hall–Kier alpha value is 0.490. The molecule has 0 fully saturated rings. The maximum atomic E-state index is 6.07. The Balaban J connectivity index is 2.55. The minimum atomic E-state index is 0.211. The minimum absolute atomic E-state index is 0.211. The Morgan fingerprint density at radius 1 is 1.44 bits per heavy atom. The first kappa shape index (κ1) is 14.6. The molecule has 0 aromatic carbocycles. The lowest BCUT2D eigenvalue weighted by atomic mass is 10.2. The maximum Gasteiger partial charge on any atom is 0.0539 e. The minimum Gasteiger partial charge on any atom is -0.327 e. The van der Waals surface area contributed by atoms with Gasteiger partial charge in [0.05, 0.1) is 5.25 Å². The molecule has 0 aliphatic rings. The van der Waals surface area contributed by atoms with Crippen molar-refractivity contribution in [3.8, 4) is 0 Å². The van der Waals surface area contributed by atoms with Crippen molar-refractivity contribution in [1.82, 2.24) is 0 Å². The summed E-state index contributed by atoms with van der Waals surface area (Å²) >= 11 is 7.29. The molecule has 1 nitrogen and oxygen atoms in total. The SMILES string of the molecule is CC(C)CCSC(c1cc(Br)cs1)C(C)N. The summed E-state index contributed by atoms with van der Waals surface area (Å²) in [4.78, 5) is 1.38. The first-order valence-corrected chi connectivity index (χ1v) is 8.34. The van der Waals surface area contributed by atoms with Gasteiger partial charge in [0, 0.05) is 20.8 Å². The number of thioether (sulfide) groups is 1. The Bertz CT molecular complexity index is 310. The Kier molecular flexibility index (Phi) is 6.40. The average Bonchev–Trinajstić information content (AvgIpc) is 2.58. The number of hydrogen-bond acceptors (Lipinski definition) is 3. The van der Waals surface area contributed by atoms with Gasteiger partial charge in [-0.2, -0.15) is 11.8 Å². The van der Waals surface area contributed by atoms with Gasteiger partial charge >= 0.3 is 0 Å². The molecule has 2 N–H and O–H groups in total. The molecule has 0 amide bonds. The number of nitrogens with two attached hydrogens (primary N) is 1. The van der Waals surface area contributed by atoms with Gasteiger partial charge in [0.15, 0.2) is 0 Å². The Morgan fingerprint density at radius 2 is 2.12 bits per heavy atom. The van der Waals surface area contributed by atoms with Crippen LogP contribution in [0.25, 0.3) is 0 Å². The summed E-state index contributed by atoms with van der Waals surface area (Å²) in [6.45, 7) is 6.63. The van der Waals surface area contributed by atoms with Crippen LogP contribution in [-0.4, -0.2) is 11.8 Å². The van der Waals surface area contributed by atoms with E-state index in [1.165, 1.54) is 21.5 Å². The lowest BCUT2D eigenvalue weighted by Crippen LogP contribution is -2.22. The second kappa shape index (κ2) is 7.04. The first-order chi connectivity index (χ1) is 7.50. The number of hydrogen-bond donors (Lipinski definition) is 1. The van der Waals surface area contributed by atoms with Gasteiger partial charge in [0.1, 0.15) is 0 Å². The molecule has 0 aliphatic heterocycles. The number of rotatable bonds is 6. The molecule has 0 spiro atoms. The summed E-state index contributed by atoms with van der Waals surface area (Å²) in [5.41, 5.74) is 6.07. The highest BCUT2D eigenvalue weighted by Crippen LogP contribution is 2.37. The van der Waals surface area contributed by atoms with Gasteiger partial charge in [-0.25, -0.2) is 0 Å². The number of halogens is 1. The van der Waals surface area contributed by atoms with Crippen LogP contribution in [0, 0.1) is 5.92 Å². The second-order valence-electron chi connectivity index (χ2n) is 4.50. The molecule has 0 aliphatic carbocycles. The molecule has 0 saturated heterocycles. The molecule has 92 valence electrons. The monoisotopic (exact) mass is 321 g/mol. The van der Waals surface area contributed by atoms with Crippen LogP contribution in [0.5, 0.6) is 0 Å². The van der Waals surface area contributed by atoms with Crippen molar-refractivity contribution in [2.75, 3.05) is 5.75 Å². The summed E-state index contributed by atoms with van der Waals surface area (Å²) in [5.74, 6) is 1.97. The molecule has 1 aromatic rings. The van der Waals surface area contributed by atoms with Crippen LogP contribution in [0.1, 0.15) is 37.3 Å². The predicted molar refractivity (Wildman–Crippen MR) is 80.3 cm³/mol. The van der Waals surface area contributed by atoms with Crippen LogP contribution >= 0.6 is 39.0 Å². The largest absolute Gasteiger partial charge is 0.327 e. The summed E-state index contributed by atoms with van der Waals surface area (Å²) in [7, 11) is 0. The third-order valence-electron chi connectivity index (χ3n) is 2.34. The van der Waals surface area contributed by atoms with Gasteiger partial charge in [0.2, 0.25) is 0 Å². The van der Waals surface area contributed by atoms with E-state index in [9.17, 15) is 0 Å². The quantitative estimate of drug-likeness (QED) is 0.823. The van der Waals surface area contributed by atoms with E-state index < -0.39 is 0 Å². The molecule has 2 atom stereocenters. The molecule has 16 heavy (non-hydrogen) atoms. The average molecular weight is 322 g/mol. The molecule has 0 bridgehead atoms. The fourth-order valence-electron chi connectivity index (χ4n) is 1.40. The van der Waals surface area contributed by atoms with Crippen molar-refractivity contribution in [1.29, 1.82) is 0 Å². The van der Waals surface area contributed by atoms with Gasteiger partial charge in [-0.15, -0.1) is 11.3 Å². The normalized spacial score (nSPS) is 15.4. The highest BCUT2D eigenvalue weighted by Gasteiger charge is 2.18. The summed E-state index contributed by atoms with van der Waals surface area (Å²) in [6.07, 6.45) is 1.26. The zero-order valence-corrected chi connectivity index (χ0v) is 13.3. The van der Waals surface area contributed by atoms with Gasteiger partial charge in [-0.05, 0) is 47.0 Å². The van der Waals surface area contributed by atoms with Crippen LogP contribution in [0.3, 0.4) is 0 Å². The van der Waals surface area contributed by atoms with Crippen molar-refractivity contribution < 1.29 is 0 Å².